The summed E-state index contributed by atoms with van der Waals surface area (Å²) >= 11 is 0. The Morgan fingerprint density at radius 2 is 1.86 bits per heavy atom. The Balaban J connectivity index is 0.00000176. The molecule has 0 amide bonds. The van der Waals surface area contributed by atoms with Gasteiger partial charge in [-0.25, -0.2) is 0 Å². The van der Waals surface area contributed by atoms with Crippen LogP contribution in [0.2, 0.25) is 0 Å². The molecule has 0 N–H and O–H groups in total. The fourth-order valence-corrected chi connectivity index (χ4v) is 3.15. The number of nitrogens with zero attached hydrogens (tertiary/aromatic N) is 1. The molecule has 122 valence electrons. The van der Waals surface area contributed by atoms with E-state index in [2.05, 4.69) is 17.0 Å². The van der Waals surface area contributed by atoms with Gasteiger partial charge >= 0.3 is 0 Å². The van der Waals surface area contributed by atoms with Crippen LogP contribution >= 0.6 is 12.4 Å². The third kappa shape index (κ3) is 3.57. The van der Waals surface area contributed by atoms with Crippen LogP contribution in [0, 0.1) is 0 Å². The molecule has 0 spiro atoms. The summed E-state index contributed by atoms with van der Waals surface area (Å²) in [6.07, 6.45) is 4.43. The quantitative estimate of drug-likeness (QED) is 0.852. The summed E-state index contributed by atoms with van der Waals surface area (Å²) in [5.41, 5.74) is 4.03. The van der Waals surface area contributed by atoms with Crippen molar-refractivity contribution in [3.05, 3.63) is 28.8 Å². The first-order valence-corrected chi connectivity index (χ1v) is 7.55. The van der Waals surface area contributed by atoms with E-state index in [1.54, 1.807) is 14.2 Å². The SMILES string of the molecule is COc1ccc2c(c1OC)CCC(CN1CCOCC1)=C2.Cl. The van der Waals surface area contributed by atoms with Crippen LogP contribution in [0.3, 0.4) is 0 Å². The van der Waals surface area contributed by atoms with E-state index in [-0.39, 0.29) is 12.4 Å². The number of hydrogen-bond donors (Lipinski definition) is 0. The maximum atomic E-state index is 5.54. The molecule has 1 aliphatic heterocycles. The lowest BCUT2D eigenvalue weighted by atomic mass is 9.91. The third-order valence-corrected chi connectivity index (χ3v) is 4.27. The molecule has 5 heteroatoms. The van der Waals surface area contributed by atoms with E-state index < -0.39 is 0 Å². The molecule has 0 bridgehead atoms. The lowest BCUT2D eigenvalue weighted by Gasteiger charge is -2.29. The molecule has 2 aliphatic rings. The van der Waals surface area contributed by atoms with Gasteiger partial charge in [0, 0.05) is 25.2 Å². The number of morpholine rings is 1. The second kappa shape index (κ2) is 7.86. The van der Waals surface area contributed by atoms with Gasteiger partial charge in [-0.2, -0.15) is 0 Å². The monoisotopic (exact) mass is 325 g/mol. The molecule has 1 aliphatic carbocycles. The Bertz CT molecular complexity index is 539. The lowest BCUT2D eigenvalue weighted by molar-refractivity contribution is 0.0420. The molecule has 0 saturated carbocycles. The molecule has 1 aromatic carbocycles. The second-order valence-electron chi connectivity index (χ2n) is 5.56. The van der Waals surface area contributed by atoms with Crippen molar-refractivity contribution < 1.29 is 14.2 Å². The minimum Gasteiger partial charge on any atom is -0.493 e. The Labute approximate surface area is 138 Å². The molecule has 0 aromatic heterocycles. The summed E-state index contributed by atoms with van der Waals surface area (Å²) in [6, 6.07) is 4.13. The van der Waals surface area contributed by atoms with Gasteiger partial charge in [-0.1, -0.05) is 17.7 Å². The maximum absolute atomic E-state index is 5.54. The van der Waals surface area contributed by atoms with Crippen molar-refractivity contribution in [3.63, 3.8) is 0 Å². The fourth-order valence-electron chi connectivity index (χ4n) is 3.15. The van der Waals surface area contributed by atoms with Gasteiger partial charge in [0.2, 0.25) is 0 Å². The molecular formula is C17H24ClNO3. The Kier molecular flexibility index (Phi) is 6.12. The van der Waals surface area contributed by atoms with Gasteiger partial charge in [0.05, 0.1) is 27.4 Å². The zero-order chi connectivity index (χ0) is 14.7. The average Bonchev–Trinajstić information content (AvgIpc) is 2.54. The van der Waals surface area contributed by atoms with Crippen LogP contribution in [-0.4, -0.2) is 52.0 Å². The average molecular weight is 326 g/mol. The summed E-state index contributed by atoms with van der Waals surface area (Å²) in [5, 5.41) is 0. The van der Waals surface area contributed by atoms with Crippen molar-refractivity contribution >= 4 is 18.5 Å². The zero-order valence-corrected chi connectivity index (χ0v) is 14.1. The smallest absolute Gasteiger partial charge is 0.164 e. The van der Waals surface area contributed by atoms with Crippen molar-refractivity contribution in [2.45, 2.75) is 12.8 Å². The molecule has 1 heterocycles. The van der Waals surface area contributed by atoms with Gasteiger partial charge in [-0.05, 0) is 24.5 Å². The predicted octanol–water partition coefficient (Wildman–Crippen LogP) is 2.79. The summed E-state index contributed by atoms with van der Waals surface area (Å²) < 4.78 is 16.3. The third-order valence-electron chi connectivity index (χ3n) is 4.27. The normalized spacial score (nSPS) is 18.0. The number of methoxy groups -OCH3 is 2. The first-order valence-electron chi connectivity index (χ1n) is 7.55. The minimum atomic E-state index is 0. The van der Waals surface area contributed by atoms with E-state index in [1.807, 2.05) is 6.07 Å². The highest BCUT2D eigenvalue weighted by Gasteiger charge is 2.20. The number of hydrogen-bond acceptors (Lipinski definition) is 4. The van der Waals surface area contributed by atoms with Crippen LogP contribution < -0.4 is 9.47 Å². The molecule has 0 unspecified atom stereocenters. The van der Waals surface area contributed by atoms with Crippen LogP contribution in [0.4, 0.5) is 0 Å². The maximum Gasteiger partial charge on any atom is 0.164 e. The topological polar surface area (TPSA) is 30.9 Å². The zero-order valence-electron chi connectivity index (χ0n) is 13.3. The highest BCUT2D eigenvalue weighted by Crippen LogP contribution is 2.38. The summed E-state index contributed by atoms with van der Waals surface area (Å²) in [6.45, 7) is 4.84. The van der Waals surface area contributed by atoms with E-state index in [4.69, 9.17) is 14.2 Å². The Morgan fingerprint density at radius 3 is 2.55 bits per heavy atom. The van der Waals surface area contributed by atoms with Gasteiger partial charge in [0.25, 0.3) is 0 Å². The van der Waals surface area contributed by atoms with E-state index in [0.29, 0.717) is 0 Å². The molecule has 0 atom stereocenters. The van der Waals surface area contributed by atoms with Crippen molar-refractivity contribution in [1.29, 1.82) is 0 Å². The first-order chi connectivity index (χ1) is 10.3. The molecule has 22 heavy (non-hydrogen) atoms. The minimum absolute atomic E-state index is 0. The van der Waals surface area contributed by atoms with Crippen LogP contribution in [0.1, 0.15) is 17.5 Å². The number of halogens is 1. The Hall–Kier alpha value is -1.23. The number of benzene rings is 1. The van der Waals surface area contributed by atoms with E-state index >= 15 is 0 Å². The highest BCUT2D eigenvalue weighted by atomic mass is 35.5. The molecule has 3 rings (SSSR count). The molecular weight excluding hydrogens is 302 g/mol. The highest BCUT2D eigenvalue weighted by molar-refractivity contribution is 5.85. The molecule has 0 radical (unpaired) electrons. The van der Waals surface area contributed by atoms with E-state index in [1.165, 1.54) is 16.7 Å². The summed E-state index contributed by atoms with van der Waals surface area (Å²) in [7, 11) is 3.40. The Morgan fingerprint density at radius 1 is 1.09 bits per heavy atom. The van der Waals surface area contributed by atoms with Gasteiger partial charge in [-0.15, -0.1) is 12.4 Å². The largest absolute Gasteiger partial charge is 0.493 e. The number of ether oxygens (including phenoxy) is 3. The van der Waals surface area contributed by atoms with Gasteiger partial charge < -0.3 is 14.2 Å². The molecule has 1 saturated heterocycles. The van der Waals surface area contributed by atoms with Gasteiger partial charge in [0.15, 0.2) is 11.5 Å². The van der Waals surface area contributed by atoms with Crippen LogP contribution in [-0.2, 0) is 11.2 Å². The summed E-state index contributed by atoms with van der Waals surface area (Å²) in [5.74, 6) is 1.71. The van der Waals surface area contributed by atoms with Crippen molar-refractivity contribution in [2.75, 3.05) is 47.1 Å². The van der Waals surface area contributed by atoms with Gasteiger partial charge in [-0.3, -0.25) is 4.90 Å². The summed E-state index contributed by atoms with van der Waals surface area (Å²) in [4.78, 5) is 2.47. The van der Waals surface area contributed by atoms with E-state index in [9.17, 15) is 0 Å². The van der Waals surface area contributed by atoms with Crippen molar-refractivity contribution in [3.8, 4) is 11.5 Å². The molecule has 1 aromatic rings. The van der Waals surface area contributed by atoms with Crippen LogP contribution in [0.25, 0.3) is 6.08 Å². The molecule has 1 fully saturated rings. The second-order valence-corrected chi connectivity index (χ2v) is 5.56. The lowest BCUT2D eigenvalue weighted by Crippen LogP contribution is -2.37. The van der Waals surface area contributed by atoms with Gasteiger partial charge in [0.1, 0.15) is 0 Å². The van der Waals surface area contributed by atoms with Crippen LogP contribution in [0.15, 0.2) is 17.7 Å². The number of rotatable bonds is 4. The van der Waals surface area contributed by atoms with Crippen molar-refractivity contribution in [2.24, 2.45) is 0 Å². The van der Waals surface area contributed by atoms with Crippen molar-refractivity contribution in [1.82, 2.24) is 4.90 Å². The molecule has 4 nitrogen and oxygen atoms in total. The fraction of sp³-hybridized carbons (Fsp3) is 0.529. The van der Waals surface area contributed by atoms with E-state index in [0.717, 1.165) is 57.2 Å². The standard InChI is InChI=1S/C17H23NO3.ClH/c1-19-16-6-4-14-11-13(3-5-15(14)17(16)20-2)12-18-7-9-21-10-8-18;/h4,6,11H,3,5,7-10,12H2,1-2H3;1H. The van der Waals surface area contributed by atoms with Crippen LogP contribution in [0.5, 0.6) is 11.5 Å². The number of fused-ring (bicyclic) bond motifs is 1. The first kappa shape index (κ1) is 17.1. The predicted molar refractivity (Wildman–Crippen MR) is 90.4 cm³/mol.